The Labute approximate surface area is 165 Å². The van der Waals surface area contributed by atoms with Crippen molar-refractivity contribution in [3.63, 3.8) is 0 Å². The molecular formula is C19H27N7O2. The molecule has 2 N–H and O–H groups in total. The van der Waals surface area contributed by atoms with Crippen molar-refractivity contribution >= 4 is 35.1 Å². The van der Waals surface area contributed by atoms with Crippen molar-refractivity contribution in [2.75, 3.05) is 59.8 Å². The highest BCUT2D eigenvalue weighted by Gasteiger charge is 2.18. The number of rotatable bonds is 7. The van der Waals surface area contributed by atoms with Crippen molar-refractivity contribution in [1.82, 2.24) is 15.0 Å². The third-order valence-electron chi connectivity index (χ3n) is 4.41. The Bertz CT molecular complexity index is 787. The number of nitrogens with zero attached hydrogens (tertiary/aromatic N) is 5. The molecule has 2 aromatic rings. The van der Waals surface area contributed by atoms with Gasteiger partial charge in [0.1, 0.15) is 0 Å². The fraction of sp³-hybridized carbons (Fsp3) is 0.474. The molecule has 0 unspecified atom stereocenters. The summed E-state index contributed by atoms with van der Waals surface area (Å²) in [5.41, 5.74) is 1.57. The van der Waals surface area contributed by atoms with Gasteiger partial charge in [0.2, 0.25) is 23.8 Å². The van der Waals surface area contributed by atoms with Crippen molar-refractivity contribution in [2.45, 2.75) is 20.8 Å². The van der Waals surface area contributed by atoms with E-state index in [1.54, 1.807) is 0 Å². The molecule has 1 aromatic carbocycles. The molecule has 1 aliphatic heterocycles. The number of hydrogen-bond acceptors (Lipinski definition) is 8. The molecule has 0 bridgehead atoms. The smallest absolute Gasteiger partial charge is 0.233 e. The van der Waals surface area contributed by atoms with Crippen molar-refractivity contribution < 1.29 is 9.53 Å². The van der Waals surface area contributed by atoms with Gasteiger partial charge in [0, 0.05) is 44.5 Å². The summed E-state index contributed by atoms with van der Waals surface area (Å²) < 4.78 is 5.44. The first-order valence-corrected chi connectivity index (χ1v) is 9.57. The topological polar surface area (TPSA) is 95.5 Å². The van der Waals surface area contributed by atoms with Gasteiger partial charge in [-0.25, -0.2) is 0 Å². The number of morpholine rings is 1. The van der Waals surface area contributed by atoms with E-state index in [0.717, 1.165) is 37.6 Å². The molecule has 1 aliphatic rings. The molecule has 28 heavy (non-hydrogen) atoms. The summed E-state index contributed by atoms with van der Waals surface area (Å²) in [6.45, 7) is 10.1. The van der Waals surface area contributed by atoms with Crippen LogP contribution in [0.15, 0.2) is 24.3 Å². The van der Waals surface area contributed by atoms with Crippen LogP contribution in [0.3, 0.4) is 0 Å². The average molecular weight is 385 g/mol. The van der Waals surface area contributed by atoms with Gasteiger partial charge in [-0.1, -0.05) is 0 Å². The normalized spacial score (nSPS) is 13.9. The van der Waals surface area contributed by atoms with Crippen LogP contribution in [-0.2, 0) is 9.53 Å². The number of amides is 1. The zero-order chi connectivity index (χ0) is 19.9. The van der Waals surface area contributed by atoms with E-state index < -0.39 is 0 Å². The van der Waals surface area contributed by atoms with Crippen molar-refractivity contribution in [2.24, 2.45) is 0 Å². The molecule has 2 heterocycles. The number of aromatic nitrogens is 3. The minimum atomic E-state index is -0.0998. The Hall–Kier alpha value is -2.94. The van der Waals surface area contributed by atoms with Gasteiger partial charge in [-0.15, -0.1) is 0 Å². The van der Waals surface area contributed by atoms with Gasteiger partial charge in [-0.3, -0.25) is 4.79 Å². The molecule has 3 rings (SSSR count). The quantitative estimate of drug-likeness (QED) is 0.749. The van der Waals surface area contributed by atoms with E-state index >= 15 is 0 Å². The van der Waals surface area contributed by atoms with E-state index in [-0.39, 0.29) is 5.91 Å². The predicted octanol–water partition coefficient (Wildman–Crippen LogP) is 2.26. The van der Waals surface area contributed by atoms with Crippen molar-refractivity contribution in [3.8, 4) is 0 Å². The van der Waals surface area contributed by atoms with Crippen LogP contribution in [-0.4, -0.2) is 60.3 Å². The Morgan fingerprint density at radius 2 is 1.71 bits per heavy atom. The molecule has 9 nitrogen and oxygen atoms in total. The molecular weight excluding hydrogens is 358 g/mol. The number of carbonyl (C=O) groups excluding carboxylic acids is 1. The van der Waals surface area contributed by atoms with E-state index in [1.165, 1.54) is 6.92 Å². The van der Waals surface area contributed by atoms with Gasteiger partial charge >= 0.3 is 0 Å². The van der Waals surface area contributed by atoms with Crippen LogP contribution in [0.4, 0.5) is 29.2 Å². The minimum absolute atomic E-state index is 0.0998. The standard InChI is InChI=1S/C19H27N7O2/c1-4-25(5-2)18-22-17(23-19(24-18)26-10-12-28-13-11-26)21-16-8-6-15(7-9-16)20-14(3)27/h6-9H,4-5,10-13H2,1-3H3,(H,20,27)(H,21,22,23,24). The summed E-state index contributed by atoms with van der Waals surface area (Å²) in [5, 5.41) is 6.00. The second-order valence-corrected chi connectivity index (χ2v) is 6.41. The van der Waals surface area contributed by atoms with Crippen LogP contribution in [0.25, 0.3) is 0 Å². The second kappa shape index (κ2) is 9.32. The molecule has 150 valence electrons. The second-order valence-electron chi connectivity index (χ2n) is 6.41. The zero-order valence-electron chi connectivity index (χ0n) is 16.6. The molecule has 1 fully saturated rings. The van der Waals surface area contributed by atoms with Gasteiger partial charge in [0.15, 0.2) is 0 Å². The third-order valence-corrected chi connectivity index (χ3v) is 4.41. The maximum absolute atomic E-state index is 11.2. The van der Waals surface area contributed by atoms with E-state index in [2.05, 4.69) is 49.2 Å². The Kier molecular flexibility index (Phi) is 6.59. The number of benzene rings is 1. The minimum Gasteiger partial charge on any atom is -0.378 e. The summed E-state index contributed by atoms with van der Waals surface area (Å²) in [6, 6.07) is 7.42. The van der Waals surface area contributed by atoms with E-state index in [1.807, 2.05) is 24.3 Å². The summed E-state index contributed by atoms with van der Waals surface area (Å²) in [4.78, 5) is 29.3. The summed E-state index contributed by atoms with van der Waals surface area (Å²) in [7, 11) is 0. The number of ether oxygens (including phenoxy) is 1. The largest absolute Gasteiger partial charge is 0.378 e. The summed E-state index contributed by atoms with van der Waals surface area (Å²) in [6.07, 6.45) is 0. The van der Waals surface area contributed by atoms with Gasteiger partial charge in [0.05, 0.1) is 13.2 Å². The van der Waals surface area contributed by atoms with Gasteiger partial charge in [0.25, 0.3) is 0 Å². The molecule has 0 aliphatic carbocycles. The fourth-order valence-electron chi connectivity index (χ4n) is 2.93. The third kappa shape index (κ3) is 5.07. The first-order chi connectivity index (χ1) is 13.6. The van der Waals surface area contributed by atoms with Crippen molar-refractivity contribution in [3.05, 3.63) is 24.3 Å². The fourth-order valence-corrected chi connectivity index (χ4v) is 2.93. The first-order valence-electron chi connectivity index (χ1n) is 9.57. The highest BCUT2D eigenvalue weighted by Crippen LogP contribution is 2.21. The molecule has 1 aromatic heterocycles. The lowest BCUT2D eigenvalue weighted by Crippen LogP contribution is -2.38. The van der Waals surface area contributed by atoms with E-state index in [0.29, 0.717) is 31.1 Å². The maximum atomic E-state index is 11.2. The van der Waals surface area contributed by atoms with Crippen LogP contribution in [0.5, 0.6) is 0 Å². The van der Waals surface area contributed by atoms with Crippen LogP contribution in [0.1, 0.15) is 20.8 Å². The Morgan fingerprint density at radius 3 is 2.32 bits per heavy atom. The van der Waals surface area contributed by atoms with E-state index in [9.17, 15) is 4.79 Å². The SMILES string of the molecule is CCN(CC)c1nc(Nc2ccc(NC(C)=O)cc2)nc(N2CCOCC2)n1. The molecule has 1 amide bonds. The van der Waals surface area contributed by atoms with Crippen LogP contribution in [0, 0.1) is 0 Å². The van der Waals surface area contributed by atoms with Gasteiger partial charge < -0.3 is 25.2 Å². The zero-order valence-corrected chi connectivity index (χ0v) is 16.6. The van der Waals surface area contributed by atoms with Crippen LogP contribution >= 0.6 is 0 Å². The number of carbonyl (C=O) groups is 1. The summed E-state index contributed by atoms with van der Waals surface area (Å²) in [5.74, 6) is 1.69. The van der Waals surface area contributed by atoms with Gasteiger partial charge in [-0.2, -0.15) is 15.0 Å². The molecule has 0 saturated carbocycles. The molecule has 0 atom stereocenters. The monoisotopic (exact) mass is 385 g/mol. The van der Waals surface area contributed by atoms with Crippen LogP contribution < -0.4 is 20.4 Å². The predicted molar refractivity (Wildman–Crippen MR) is 110 cm³/mol. The lowest BCUT2D eigenvalue weighted by Gasteiger charge is -2.28. The molecule has 1 saturated heterocycles. The highest BCUT2D eigenvalue weighted by molar-refractivity contribution is 5.88. The maximum Gasteiger partial charge on any atom is 0.233 e. The molecule has 9 heteroatoms. The Balaban J connectivity index is 1.85. The van der Waals surface area contributed by atoms with E-state index in [4.69, 9.17) is 4.74 Å². The number of nitrogens with one attached hydrogen (secondary N) is 2. The lowest BCUT2D eigenvalue weighted by atomic mass is 10.3. The average Bonchev–Trinajstić information content (AvgIpc) is 2.71. The molecule has 0 spiro atoms. The number of hydrogen-bond donors (Lipinski definition) is 2. The lowest BCUT2D eigenvalue weighted by molar-refractivity contribution is -0.114. The van der Waals surface area contributed by atoms with Gasteiger partial charge in [-0.05, 0) is 38.1 Å². The summed E-state index contributed by atoms with van der Waals surface area (Å²) >= 11 is 0. The van der Waals surface area contributed by atoms with Crippen molar-refractivity contribution in [1.29, 1.82) is 0 Å². The first kappa shape index (κ1) is 19.8. The van der Waals surface area contributed by atoms with Crippen LogP contribution in [0.2, 0.25) is 0 Å². The number of anilines is 5. The highest BCUT2D eigenvalue weighted by atomic mass is 16.5. The molecule has 0 radical (unpaired) electrons. The Morgan fingerprint density at radius 1 is 1.07 bits per heavy atom.